The second-order valence-corrected chi connectivity index (χ2v) is 5.44. The van der Waals surface area contributed by atoms with Gasteiger partial charge in [-0.25, -0.2) is 0 Å². The van der Waals surface area contributed by atoms with Crippen molar-refractivity contribution >= 4 is 5.91 Å². The third-order valence-electron chi connectivity index (χ3n) is 4.05. The van der Waals surface area contributed by atoms with E-state index in [1.165, 1.54) is 6.42 Å². The molecule has 0 bridgehead atoms. The van der Waals surface area contributed by atoms with Crippen molar-refractivity contribution in [3.8, 4) is 0 Å². The highest BCUT2D eigenvalue weighted by Crippen LogP contribution is 2.22. The normalized spacial score (nSPS) is 16.9. The molecule has 0 aliphatic carbocycles. The van der Waals surface area contributed by atoms with Crippen LogP contribution in [0.15, 0.2) is 0 Å². The lowest BCUT2D eigenvalue weighted by atomic mass is 9.93. The molecular formula is C14H24N4O. The Hall–Kier alpha value is -1.36. The van der Waals surface area contributed by atoms with Crippen molar-refractivity contribution in [1.29, 1.82) is 0 Å². The third-order valence-corrected chi connectivity index (χ3v) is 4.05. The lowest BCUT2D eigenvalue weighted by Crippen LogP contribution is -2.39. The fourth-order valence-electron chi connectivity index (χ4n) is 2.80. The van der Waals surface area contributed by atoms with Crippen LogP contribution in [-0.4, -0.2) is 47.7 Å². The first kappa shape index (κ1) is 14.1. The molecule has 1 fully saturated rings. The highest BCUT2D eigenvalue weighted by Gasteiger charge is 2.26. The smallest absolute Gasteiger partial charge is 0.257 e. The van der Waals surface area contributed by atoms with Crippen LogP contribution in [0.25, 0.3) is 0 Å². The first-order valence-electron chi connectivity index (χ1n) is 7.09. The molecule has 1 aliphatic rings. The summed E-state index contributed by atoms with van der Waals surface area (Å²) in [6.07, 6.45) is 3.44. The number of piperidine rings is 1. The molecule has 2 rings (SSSR count). The van der Waals surface area contributed by atoms with Gasteiger partial charge in [0.2, 0.25) is 0 Å². The molecule has 1 saturated heterocycles. The Morgan fingerprint density at radius 2 is 2.11 bits per heavy atom. The zero-order chi connectivity index (χ0) is 13.8. The summed E-state index contributed by atoms with van der Waals surface area (Å²) >= 11 is 0. The molecule has 1 amide bonds. The number of hydrogen-bond donors (Lipinski definition) is 2. The molecule has 1 aromatic heterocycles. The third kappa shape index (κ3) is 3.15. The van der Waals surface area contributed by atoms with Crippen molar-refractivity contribution in [3.05, 3.63) is 17.0 Å². The number of likely N-dealkylation sites (tertiary alicyclic amines) is 1. The number of aromatic nitrogens is 2. The molecule has 0 radical (unpaired) electrons. The van der Waals surface area contributed by atoms with Crippen LogP contribution >= 0.6 is 0 Å². The number of hydrogen-bond acceptors (Lipinski definition) is 3. The highest BCUT2D eigenvalue weighted by molar-refractivity contribution is 5.96. The van der Waals surface area contributed by atoms with Gasteiger partial charge in [0.1, 0.15) is 0 Å². The molecule has 2 N–H and O–H groups in total. The maximum atomic E-state index is 12.5. The van der Waals surface area contributed by atoms with Crippen LogP contribution in [-0.2, 0) is 0 Å². The molecule has 106 valence electrons. The first-order chi connectivity index (χ1) is 9.13. The van der Waals surface area contributed by atoms with E-state index >= 15 is 0 Å². The van der Waals surface area contributed by atoms with Gasteiger partial charge < -0.3 is 10.2 Å². The Balaban J connectivity index is 1.93. The van der Waals surface area contributed by atoms with Gasteiger partial charge in [0, 0.05) is 18.8 Å². The second-order valence-electron chi connectivity index (χ2n) is 5.44. The fraction of sp³-hybridized carbons (Fsp3) is 0.714. The van der Waals surface area contributed by atoms with Crippen LogP contribution in [0.4, 0.5) is 0 Å². The number of amides is 1. The van der Waals surface area contributed by atoms with E-state index in [1.807, 2.05) is 25.8 Å². The SMILES string of the molecule is CNCCC1CCN(C(=O)c2c(C)n[nH]c2C)CC1. The topological polar surface area (TPSA) is 61.0 Å². The number of H-pyrrole nitrogens is 1. The average Bonchev–Trinajstić information content (AvgIpc) is 2.76. The molecule has 1 aromatic rings. The minimum Gasteiger partial charge on any atom is -0.339 e. The molecule has 0 saturated carbocycles. The Morgan fingerprint density at radius 3 is 2.63 bits per heavy atom. The Kier molecular flexibility index (Phi) is 4.58. The molecule has 0 aromatic carbocycles. The molecule has 5 nitrogen and oxygen atoms in total. The summed E-state index contributed by atoms with van der Waals surface area (Å²) in [4.78, 5) is 14.4. The van der Waals surface area contributed by atoms with Crippen molar-refractivity contribution in [2.75, 3.05) is 26.7 Å². The molecule has 0 spiro atoms. The molecular weight excluding hydrogens is 240 g/mol. The van der Waals surface area contributed by atoms with E-state index in [0.717, 1.165) is 55.3 Å². The molecule has 0 atom stereocenters. The van der Waals surface area contributed by atoms with Gasteiger partial charge in [0.15, 0.2) is 0 Å². The fourth-order valence-corrected chi connectivity index (χ4v) is 2.80. The van der Waals surface area contributed by atoms with Gasteiger partial charge in [-0.1, -0.05) is 0 Å². The standard InChI is InChI=1S/C14H24N4O/c1-10-13(11(2)17-16-10)14(19)18-8-5-12(6-9-18)4-7-15-3/h12,15H,4-9H2,1-3H3,(H,16,17). The average molecular weight is 264 g/mol. The molecule has 5 heteroatoms. The van der Waals surface area contributed by atoms with Gasteiger partial charge in [-0.2, -0.15) is 5.10 Å². The van der Waals surface area contributed by atoms with Crippen molar-refractivity contribution in [2.24, 2.45) is 5.92 Å². The predicted octanol–water partition coefficient (Wildman–Crippen LogP) is 1.49. The van der Waals surface area contributed by atoms with Gasteiger partial charge in [0.05, 0.1) is 11.3 Å². The number of carbonyl (C=O) groups excluding carboxylic acids is 1. The van der Waals surface area contributed by atoms with Crippen molar-refractivity contribution in [3.63, 3.8) is 0 Å². The summed E-state index contributed by atoms with van der Waals surface area (Å²) in [5, 5.41) is 10.2. The maximum absolute atomic E-state index is 12.5. The summed E-state index contributed by atoms with van der Waals surface area (Å²) in [5.74, 6) is 0.888. The number of carbonyl (C=O) groups is 1. The van der Waals surface area contributed by atoms with Crippen LogP contribution in [0, 0.1) is 19.8 Å². The maximum Gasteiger partial charge on any atom is 0.257 e. The van der Waals surface area contributed by atoms with Crippen molar-refractivity contribution in [1.82, 2.24) is 20.4 Å². The van der Waals surface area contributed by atoms with E-state index in [-0.39, 0.29) is 5.91 Å². The van der Waals surface area contributed by atoms with Crippen LogP contribution in [0.5, 0.6) is 0 Å². The summed E-state index contributed by atoms with van der Waals surface area (Å²) in [5.41, 5.74) is 2.44. The predicted molar refractivity (Wildman–Crippen MR) is 75.2 cm³/mol. The van der Waals surface area contributed by atoms with Gasteiger partial charge in [-0.05, 0) is 52.6 Å². The first-order valence-corrected chi connectivity index (χ1v) is 7.09. The Morgan fingerprint density at radius 1 is 1.42 bits per heavy atom. The zero-order valence-electron chi connectivity index (χ0n) is 12.1. The van der Waals surface area contributed by atoms with E-state index in [2.05, 4.69) is 15.5 Å². The number of rotatable bonds is 4. The van der Waals surface area contributed by atoms with Crippen LogP contribution < -0.4 is 5.32 Å². The van der Waals surface area contributed by atoms with Gasteiger partial charge >= 0.3 is 0 Å². The Labute approximate surface area is 114 Å². The molecule has 2 heterocycles. The molecule has 1 aliphatic heterocycles. The number of aromatic amines is 1. The lowest BCUT2D eigenvalue weighted by molar-refractivity contribution is 0.0686. The van der Waals surface area contributed by atoms with E-state index in [9.17, 15) is 4.79 Å². The minimum absolute atomic E-state index is 0.135. The van der Waals surface area contributed by atoms with Crippen molar-refractivity contribution in [2.45, 2.75) is 33.1 Å². The van der Waals surface area contributed by atoms with Crippen LogP contribution in [0.3, 0.4) is 0 Å². The van der Waals surface area contributed by atoms with E-state index in [1.54, 1.807) is 0 Å². The summed E-state index contributed by atoms with van der Waals surface area (Å²) < 4.78 is 0. The molecule has 0 unspecified atom stereocenters. The van der Waals surface area contributed by atoms with E-state index < -0.39 is 0 Å². The van der Waals surface area contributed by atoms with Crippen molar-refractivity contribution < 1.29 is 4.79 Å². The number of aryl methyl sites for hydroxylation is 2. The molecule has 19 heavy (non-hydrogen) atoms. The van der Waals surface area contributed by atoms with Gasteiger partial charge in [-0.15, -0.1) is 0 Å². The Bertz CT molecular complexity index is 413. The van der Waals surface area contributed by atoms with Gasteiger partial charge in [0.25, 0.3) is 5.91 Å². The summed E-state index contributed by atoms with van der Waals surface area (Å²) in [6, 6.07) is 0. The van der Waals surface area contributed by atoms with E-state index in [4.69, 9.17) is 0 Å². The second kappa shape index (κ2) is 6.19. The minimum atomic E-state index is 0.135. The zero-order valence-corrected chi connectivity index (χ0v) is 12.1. The van der Waals surface area contributed by atoms with Gasteiger partial charge in [-0.3, -0.25) is 9.89 Å². The monoisotopic (exact) mass is 264 g/mol. The van der Waals surface area contributed by atoms with E-state index in [0.29, 0.717) is 0 Å². The number of nitrogens with zero attached hydrogens (tertiary/aromatic N) is 2. The lowest BCUT2D eigenvalue weighted by Gasteiger charge is -2.32. The summed E-state index contributed by atoms with van der Waals surface area (Å²) in [6.45, 7) is 6.61. The largest absolute Gasteiger partial charge is 0.339 e. The highest BCUT2D eigenvalue weighted by atomic mass is 16.2. The quantitative estimate of drug-likeness (QED) is 0.866. The number of nitrogens with one attached hydrogen (secondary N) is 2. The van der Waals surface area contributed by atoms with Crippen LogP contribution in [0.2, 0.25) is 0 Å². The van der Waals surface area contributed by atoms with Crippen LogP contribution in [0.1, 0.15) is 41.0 Å². The summed E-state index contributed by atoms with van der Waals surface area (Å²) in [7, 11) is 1.99.